The minimum atomic E-state index is -4.18. The number of hydrogen-bond donors (Lipinski definition) is 1. The van der Waals surface area contributed by atoms with E-state index in [1.165, 1.54) is 11.1 Å². The van der Waals surface area contributed by atoms with E-state index in [0.29, 0.717) is 43.6 Å². The average Bonchev–Trinajstić information content (AvgIpc) is 3.38. The highest BCUT2D eigenvalue weighted by atomic mass is 35.5. The molecular formula is C50H61ClN2O6SSi. The van der Waals surface area contributed by atoms with Crippen LogP contribution in [0.5, 0.6) is 5.75 Å². The average molecular weight is 882 g/mol. The van der Waals surface area contributed by atoms with Crippen LogP contribution in [0, 0.1) is 11.8 Å². The SMILES string of the molecule is CO[C@H]1/C=C/CC[C@@H](C[C@@H](C)O[Si](c2ccccc2)(c2ccccc2)C(C)(C)C)S(=O)(=O)NC(=O)c2ccc3c(c2)N(C[C@@H]2CC[C@H]21)C[C@@]1(CCCc2cc(Cl)ccc21)CO3. The molecule has 324 valence electrons. The lowest BCUT2D eigenvalue weighted by molar-refractivity contribution is 0.0131. The molecule has 2 heterocycles. The fourth-order valence-corrected chi connectivity index (χ4v) is 17.2. The predicted octanol–water partition coefficient (Wildman–Crippen LogP) is 8.99. The highest BCUT2D eigenvalue weighted by molar-refractivity contribution is 7.90. The number of methoxy groups -OCH3 is 1. The van der Waals surface area contributed by atoms with Crippen LogP contribution < -0.4 is 24.7 Å². The van der Waals surface area contributed by atoms with Gasteiger partial charge in [0.25, 0.3) is 14.2 Å². The Balaban J connectivity index is 1.13. The Morgan fingerprint density at radius 1 is 0.967 bits per heavy atom. The largest absolute Gasteiger partial charge is 0.490 e. The molecule has 4 aromatic carbocycles. The molecule has 8 rings (SSSR count). The molecule has 1 fully saturated rings. The Morgan fingerprint density at radius 3 is 2.34 bits per heavy atom. The van der Waals surface area contributed by atoms with Gasteiger partial charge in [-0.15, -0.1) is 0 Å². The molecule has 1 amide bonds. The Hall–Kier alpha value is -3.93. The number of sulfonamides is 1. The van der Waals surface area contributed by atoms with Gasteiger partial charge < -0.3 is 18.8 Å². The number of anilines is 1. The van der Waals surface area contributed by atoms with E-state index in [9.17, 15) is 13.2 Å². The van der Waals surface area contributed by atoms with Gasteiger partial charge in [-0.1, -0.05) is 111 Å². The third-order valence-electron chi connectivity index (χ3n) is 14.0. The van der Waals surface area contributed by atoms with Crippen molar-refractivity contribution in [1.82, 2.24) is 4.72 Å². The maximum atomic E-state index is 14.6. The maximum absolute atomic E-state index is 14.6. The molecule has 1 saturated carbocycles. The van der Waals surface area contributed by atoms with Crippen LogP contribution in [0.2, 0.25) is 10.1 Å². The van der Waals surface area contributed by atoms with Crippen LogP contribution >= 0.6 is 11.6 Å². The minimum Gasteiger partial charge on any atom is -0.490 e. The first-order valence-electron chi connectivity index (χ1n) is 22.1. The van der Waals surface area contributed by atoms with E-state index in [1.807, 2.05) is 61.5 Å². The summed E-state index contributed by atoms with van der Waals surface area (Å²) in [5.41, 5.74) is 3.36. The summed E-state index contributed by atoms with van der Waals surface area (Å²) < 4.78 is 52.0. The van der Waals surface area contributed by atoms with Gasteiger partial charge in [0, 0.05) is 42.3 Å². The van der Waals surface area contributed by atoms with Gasteiger partial charge in [-0.05, 0) is 127 Å². The van der Waals surface area contributed by atoms with Crippen LogP contribution in [0.15, 0.2) is 109 Å². The molecule has 2 aliphatic heterocycles. The third-order valence-corrected chi connectivity index (χ3v) is 21.1. The lowest BCUT2D eigenvalue weighted by Gasteiger charge is -2.46. The lowest BCUT2D eigenvalue weighted by Crippen LogP contribution is -2.67. The number of amides is 1. The summed E-state index contributed by atoms with van der Waals surface area (Å²) in [6.07, 6.45) is 9.79. The van der Waals surface area contributed by atoms with Gasteiger partial charge in [-0.3, -0.25) is 4.79 Å². The van der Waals surface area contributed by atoms with Crippen molar-refractivity contribution in [3.8, 4) is 5.75 Å². The van der Waals surface area contributed by atoms with Crippen LogP contribution in [0.4, 0.5) is 5.69 Å². The van der Waals surface area contributed by atoms with Crippen LogP contribution in [0.1, 0.15) is 94.1 Å². The van der Waals surface area contributed by atoms with Crippen molar-refractivity contribution in [1.29, 1.82) is 0 Å². The summed E-state index contributed by atoms with van der Waals surface area (Å²) in [6.45, 7) is 10.6. The molecule has 4 aromatic rings. The molecule has 6 atom stereocenters. The van der Waals surface area contributed by atoms with E-state index in [4.69, 9.17) is 25.5 Å². The number of aryl methyl sites for hydroxylation is 1. The van der Waals surface area contributed by atoms with Crippen molar-refractivity contribution in [3.05, 3.63) is 131 Å². The Kier molecular flexibility index (Phi) is 12.7. The quantitative estimate of drug-likeness (QED) is 0.146. The van der Waals surface area contributed by atoms with Gasteiger partial charge in [0.1, 0.15) is 5.75 Å². The highest BCUT2D eigenvalue weighted by Gasteiger charge is 2.51. The fraction of sp³-hybridized carbons (Fsp3) is 0.460. The normalized spacial score (nSPS) is 26.4. The van der Waals surface area contributed by atoms with Gasteiger partial charge in [0.2, 0.25) is 10.0 Å². The van der Waals surface area contributed by atoms with Crippen molar-refractivity contribution in [2.45, 2.75) is 107 Å². The van der Waals surface area contributed by atoms with E-state index in [-0.39, 0.29) is 28.5 Å². The smallest absolute Gasteiger partial charge is 0.264 e. The number of allylic oxidation sites excluding steroid dienone is 1. The van der Waals surface area contributed by atoms with E-state index >= 15 is 0 Å². The predicted molar refractivity (Wildman–Crippen MR) is 249 cm³/mol. The summed E-state index contributed by atoms with van der Waals surface area (Å²) >= 11 is 6.50. The maximum Gasteiger partial charge on any atom is 0.264 e. The van der Waals surface area contributed by atoms with Gasteiger partial charge in [0.05, 0.1) is 23.6 Å². The first-order valence-corrected chi connectivity index (χ1v) is 25.9. The molecular weight excluding hydrogens is 820 g/mol. The molecule has 61 heavy (non-hydrogen) atoms. The van der Waals surface area contributed by atoms with Gasteiger partial charge in [-0.2, -0.15) is 0 Å². The number of carbonyl (C=O) groups is 1. The second-order valence-electron chi connectivity index (χ2n) is 18.9. The molecule has 4 aliphatic rings. The number of benzene rings is 4. The Morgan fingerprint density at radius 2 is 1.69 bits per heavy atom. The van der Waals surface area contributed by atoms with Crippen LogP contribution in [0.25, 0.3) is 0 Å². The lowest BCUT2D eigenvalue weighted by atomic mass is 9.68. The summed E-state index contributed by atoms with van der Waals surface area (Å²) in [5.74, 6) is 0.725. The monoisotopic (exact) mass is 880 g/mol. The first-order chi connectivity index (χ1) is 29.2. The molecule has 2 bridgehead atoms. The summed E-state index contributed by atoms with van der Waals surface area (Å²) in [4.78, 5) is 16.6. The van der Waals surface area contributed by atoms with E-state index in [2.05, 4.69) is 78.9 Å². The number of fused-ring (bicyclic) bond motifs is 4. The Bertz CT molecular complexity index is 2300. The zero-order valence-corrected chi connectivity index (χ0v) is 38.8. The molecule has 0 aromatic heterocycles. The van der Waals surface area contributed by atoms with Crippen molar-refractivity contribution >= 4 is 51.9 Å². The number of nitrogens with zero attached hydrogens (tertiary/aromatic N) is 1. The first kappa shape index (κ1) is 43.7. The van der Waals surface area contributed by atoms with Gasteiger partial charge in [-0.25, -0.2) is 13.1 Å². The molecule has 0 saturated heterocycles. The number of ether oxygens (including phenoxy) is 2. The molecule has 0 radical (unpaired) electrons. The number of nitrogens with one attached hydrogen (secondary N) is 1. The molecule has 11 heteroatoms. The second kappa shape index (κ2) is 17.7. The number of hydrogen-bond acceptors (Lipinski definition) is 7. The number of carbonyl (C=O) groups excluding carboxylic acids is 1. The van der Waals surface area contributed by atoms with Crippen molar-refractivity contribution < 1.29 is 27.1 Å². The fourth-order valence-electron chi connectivity index (χ4n) is 10.8. The number of rotatable bonds is 7. The minimum absolute atomic E-state index is 0.0978. The van der Waals surface area contributed by atoms with Crippen molar-refractivity contribution in [3.63, 3.8) is 0 Å². The molecule has 8 nitrogen and oxygen atoms in total. The van der Waals surface area contributed by atoms with Crippen LogP contribution in [-0.2, 0) is 31.0 Å². The highest BCUT2D eigenvalue weighted by Crippen LogP contribution is 2.47. The zero-order chi connectivity index (χ0) is 43.0. The number of halogens is 1. The molecule has 0 unspecified atom stereocenters. The van der Waals surface area contributed by atoms with Crippen LogP contribution in [-0.4, -0.2) is 66.9 Å². The molecule has 1 spiro atoms. The van der Waals surface area contributed by atoms with E-state index < -0.39 is 35.6 Å². The zero-order valence-electron chi connectivity index (χ0n) is 36.2. The van der Waals surface area contributed by atoms with Crippen molar-refractivity contribution in [2.75, 3.05) is 31.7 Å². The van der Waals surface area contributed by atoms with E-state index in [1.54, 1.807) is 13.2 Å². The van der Waals surface area contributed by atoms with Crippen LogP contribution in [0.3, 0.4) is 0 Å². The summed E-state index contributed by atoms with van der Waals surface area (Å²) in [5, 5.41) is 1.80. The van der Waals surface area contributed by atoms with E-state index in [0.717, 1.165) is 59.7 Å². The Labute approximate surface area is 369 Å². The summed E-state index contributed by atoms with van der Waals surface area (Å²) in [6, 6.07) is 32.4. The van der Waals surface area contributed by atoms with Gasteiger partial charge in [0.15, 0.2) is 0 Å². The second-order valence-corrected chi connectivity index (χ2v) is 25.6. The van der Waals surface area contributed by atoms with Crippen molar-refractivity contribution in [2.24, 2.45) is 11.8 Å². The topological polar surface area (TPSA) is 94.2 Å². The molecule has 2 aliphatic carbocycles. The third kappa shape index (κ3) is 8.72. The van der Waals surface area contributed by atoms with Gasteiger partial charge >= 0.3 is 0 Å². The molecule has 1 N–H and O–H groups in total. The standard InChI is InChI=1S/C50H61ClN2O6SSi/c1-35(59-61(49(2,3)4,41-17-8-6-9-18-41)42-19-10-7-11-20-42)29-40-16-12-13-21-46(57-5)43-25-22-38(43)32-53-33-50(28-14-15-36-30-39(51)24-26-44(36)50)34-58-47-27-23-37(31-45(47)53)48(54)52-60(40,55)56/h6-11,13,17-21,23-24,26-27,30-31,35,38,40,43,46H,12,14-16,22,25,28-29,32-34H2,1-5H3,(H,52,54)/b21-13+/t35-,38+,40+,43-,46+,50+/m1/s1. The summed E-state index contributed by atoms with van der Waals surface area (Å²) in [7, 11) is -5.39.